The Bertz CT molecular complexity index is 453. The predicted molar refractivity (Wildman–Crippen MR) is 83.4 cm³/mol. The zero-order chi connectivity index (χ0) is 13.9. The SMILES string of the molecule is CNCc1nc(N2CCN(CC3CC3)CC2)ccc1Cl. The zero-order valence-electron chi connectivity index (χ0n) is 12.1. The van der Waals surface area contributed by atoms with Crippen LogP contribution in [0.15, 0.2) is 12.1 Å². The molecule has 1 aliphatic carbocycles. The van der Waals surface area contributed by atoms with E-state index in [1.165, 1.54) is 19.4 Å². The number of rotatable bonds is 5. The molecule has 0 aromatic carbocycles. The van der Waals surface area contributed by atoms with Gasteiger partial charge in [0.2, 0.25) is 0 Å². The van der Waals surface area contributed by atoms with E-state index in [1.807, 2.05) is 19.2 Å². The van der Waals surface area contributed by atoms with Crippen molar-refractivity contribution in [1.29, 1.82) is 0 Å². The molecule has 110 valence electrons. The number of hydrogen-bond acceptors (Lipinski definition) is 4. The van der Waals surface area contributed by atoms with Crippen molar-refractivity contribution in [2.75, 3.05) is 44.7 Å². The second-order valence-electron chi connectivity index (χ2n) is 5.86. The highest BCUT2D eigenvalue weighted by Crippen LogP contribution is 2.30. The van der Waals surface area contributed by atoms with E-state index < -0.39 is 0 Å². The summed E-state index contributed by atoms with van der Waals surface area (Å²) < 4.78 is 0. The number of nitrogens with zero attached hydrogens (tertiary/aromatic N) is 3. The van der Waals surface area contributed by atoms with Gasteiger partial charge in [-0.05, 0) is 37.9 Å². The topological polar surface area (TPSA) is 31.4 Å². The minimum Gasteiger partial charge on any atom is -0.354 e. The van der Waals surface area contributed by atoms with Gasteiger partial charge in [0.05, 0.1) is 10.7 Å². The number of aromatic nitrogens is 1. The van der Waals surface area contributed by atoms with Gasteiger partial charge in [-0.2, -0.15) is 0 Å². The lowest BCUT2D eigenvalue weighted by molar-refractivity contribution is 0.247. The summed E-state index contributed by atoms with van der Waals surface area (Å²) in [6.45, 7) is 6.46. The van der Waals surface area contributed by atoms with Crippen molar-refractivity contribution in [3.63, 3.8) is 0 Å². The molecular weight excluding hydrogens is 272 g/mol. The molecule has 1 saturated carbocycles. The number of anilines is 1. The number of piperazine rings is 1. The molecule has 0 atom stereocenters. The molecule has 4 nitrogen and oxygen atoms in total. The van der Waals surface area contributed by atoms with Crippen LogP contribution in [0.2, 0.25) is 5.02 Å². The summed E-state index contributed by atoms with van der Waals surface area (Å²) in [7, 11) is 1.92. The Hall–Kier alpha value is -0.840. The Labute approximate surface area is 126 Å². The predicted octanol–water partition coefficient (Wildman–Crippen LogP) is 1.99. The second kappa shape index (κ2) is 6.29. The van der Waals surface area contributed by atoms with Crippen LogP contribution < -0.4 is 10.2 Å². The molecule has 2 aliphatic rings. The van der Waals surface area contributed by atoms with Crippen molar-refractivity contribution in [2.24, 2.45) is 5.92 Å². The standard InChI is InChI=1S/C15H23ClN4/c1-17-10-14-13(16)4-5-15(18-14)20-8-6-19(7-9-20)11-12-2-3-12/h4-5,12,17H,2-3,6-11H2,1H3. The molecule has 1 saturated heterocycles. The highest BCUT2D eigenvalue weighted by Gasteiger charge is 2.26. The highest BCUT2D eigenvalue weighted by molar-refractivity contribution is 6.31. The second-order valence-corrected chi connectivity index (χ2v) is 6.27. The van der Waals surface area contributed by atoms with Crippen LogP contribution in [0.25, 0.3) is 0 Å². The van der Waals surface area contributed by atoms with Gasteiger partial charge in [0, 0.05) is 39.3 Å². The van der Waals surface area contributed by atoms with Gasteiger partial charge < -0.3 is 10.2 Å². The van der Waals surface area contributed by atoms with E-state index in [-0.39, 0.29) is 0 Å². The maximum Gasteiger partial charge on any atom is 0.129 e. The fraction of sp³-hybridized carbons (Fsp3) is 0.667. The molecule has 2 fully saturated rings. The fourth-order valence-electron chi connectivity index (χ4n) is 2.77. The molecule has 1 aromatic rings. The van der Waals surface area contributed by atoms with E-state index in [0.717, 1.165) is 48.6 Å². The van der Waals surface area contributed by atoms with Crippen LogP contribution in [-0.2, 0) is 6.54 Å². The number of pyridine rings is 1. The summed E-state index contributed by atoms with van der Waals surface area (Å²) in [5.41, 5.74) is 0.937. The Balaban J connectivity index is 1.60. The van der Waals surface area contributed by atoms with E-state index in [0.29, 0.717) is 6.54 Å². The molecule has 2 heterocycles. The molecule has 0 bridgehead atoms. The lowest BCUT2D eigenvalue weighted by Gasteiger charge is -2.35. The van der Waals surface area contributed by atoms with Crippen LogP contribution in [0.4, 0.5) is 5.82 Å². The lowest BCUT2D eigenvalue weighted by Crippen LogP contribution is -2.47. The van der Waals surface area contributed by atoms with Crippen molar-refractivity contribution in [1.82, 2.24) is 15.2 Å². The first kappa shape index (κ1) is 14.1. The first-order chi connectivity index (χ1) is 9.76. The third kappa shape index (κ3) is 3.43. The van der Waals surface area contributed by atoms with Gasteiger partial charge in [-0.3, -0.25) is 4.90 Å². The molecule has 20 heavy (non-hydrogen) atoms. The Morgan fingerprint density at radius 2 is 2.00 bits per heavy atom. The van der Waals surface area contributed by atoms with Crippen molar-refractivity contribution in [3.05, 3.63) is 22.8 Å². The summed E-state index contributed by atoms with van der Waals surface area (Å²) >= 11 is 6.17. The average Bonchev–Trinajstić information content (AvgIpc) is 3.26. The van der Waals surface area contributed by atoms with Crippen molar-refractivity contribution in [3.8, 4) is 0 Å². The van der Waals surface area contributed by atoms with E-state index in [2.05, 4.69) is 15.1 Å². The van der Waals surface area contributed by atoms with Crippen molar-refractivity contribution < 1.29 is 0 Å². The summed E-state index contributed by atoms with van der Waals surface area (Å²) in [5.74, 6) is 2.04. The van der Waals surface area contributed by atoms with Crippen molar-refractivity contribution >= 4 is 17.4 Å². The zero-order valence-corrected chi connectivity index (χ0v) is 12.9. The van der Waals surface area contributed by atoms with Crippen LogP contribution >= 0.6 is 11.6 Å². The van der Waals surface area contributed by atoms with Gasteiger partial charge in [0.25, 0.3) is 0 Å². The Kier molecular flexibility index (Phi) is 4.44. The molecule has 0 amide bonds. The maximum atomic E-state index is 6.17. The monoisotopic (exact) mass is 294 g/mol. The summed E-state index contributed by atoms with van der Waals surface area (Å²) in [4.78, 5) is 9.67. The molecular formula is C15H23ClN4. The van der Waals surface area contributed by atoms with Crippen LogP contribution in [0.5, 0.6) is 0 Å². The fourth-order valence-corrected chi connectivity index (χ4v) is 2.94. The van der Waals surface area contributed by atoms with Crippen LogP contribution in [0.3, 0.4) is 0 Å². The van der Waals surface area contributed by atoms with Crippen LogP contribution in [-0.4, -0.2) is 49.7 Å². The molecule has 5 heteroatoms. The third-order valence-electron chi connectivity index (χ3n) is 4.16. The van der Waals surface area contributed by atoms with Crippen LogP contribution in [0, 0.1) is 5.92 Å². The van der Waals surface area contributed by atoms with Gasteiger partial charge in [-0.15, -0.1) is 0 Å². The lowest BCUT2D eigenvalue weighted by atomic mass is 10.2. The minimum atomic E-state index is 0.717. The maximum absolute atomic E-state index is 6.17. The van der Waals surface area contributed by atoms with Gasteiger partial charge in [0.15, 0.2) is 0 Å². The first-order valence-electron chi connectivity index (χ1n) is 7.53. The first-order valence-corrected chi connectivity index (χ1v) is 7.91. The van der Waals surface area contributed by atoms with Crippen LogP contribution in [0.1, 0.15) is 18.5 Å². The Morgan fingerprint density at radius 1 is 1.25 bits per heavy atom. The third-order valence-corrected chi connectivity index (χ3v) is 4.50. The summed E-state index contributed by atoms with van der Waals surface area (Å²) in [6.07, 6.45) is 2.87. The van der Waals surface area contributed by atoms with Gasteiger partial charge in [0.1, 0.15) is 5.82 Å². The molecule has 0 spiro atoms. The Morgan fingerprint density at radius 3 is 2.65 bits per heavy atom. The summed E-state index contributed by atoms with van der Waals surface area (Å²) in [5, 5.41) is 3.86. The average molecular weight is 295 g/mol. The van der Waals surface area contributed by atoms with E-state index >= 15 is 0 Å². The van der Waals surface area contributed by atoms with Gasteiger partial charge in [-0.25, -0.2) is 4.98 Å². The normalized spacial score (nSPS) is 20.4. The van der Waals surface area contributed by atoms with Gasteiger partial charge >= 0.3 is 0 Å². The smallest absolute Gasteiger partial charge is 0.129 e. The quantitative estimate of drug-likeness (QED) is 0.900. The van der Waals surface area contributed by atoms with Crippen molar-refractivity contribution in [2.45, 2.75) is 19.4 Å². The molecule has 1 N–H and O–H groups in total. The minimum absolute atomic E-state index is 0.717. The van der Waals surface area contributed by atoms with E-state index in [9.17, 15) is 0 Å². The summed E-state index contributed by atoms with van der Waals surface area (Å²) in [6, 6.07) is 4.01. The number of hydrogen-bond donors (Lipinski definition) is 1. The largest absolute Gasteiger partial charge is 0.354 e. The van der Waals surface area contributed by atoms with E-state index in [1.54, 1.807) is 0 Å². The molecule has 0 unspecified atom stereocenters. The van der Waals surface area contributed by atoms with E-state index in [4.69, 9.17) is 16.6 Å². The number of halogens is 1. The molecule has 1 aromatic heterocycles. The van der Waals surface area contributed by atoms with Gasteiger partial charge in [-0.1, -0.05) is 11.6 Å². The highest BCUT2D eigenvalue weighted by atomic mass is 35.5. The number of nitrogens with one attached hydrogen (secondary N) is 1. The molecule has 3 rings (SSSR count). The molecule has 0 radical (unpaired) electrons. The molecule has 1 aliphatic heterocycles.